The number of fused-ring (bicyclic) bond motifs is 1. The molecule has 0 radical (unpaired) electrons. The van der Waals surface area contributed by atoms with E-state index in [2.05, 4.69) is 6.92 Å². The highest BCUT2D eigenvalue weighted by Gasteiger charge is 2.21. The van der Waals surface area contributed by atoms with E-state index in [-0.39, 0.29) is 0 Å². The zero-order valence-electron chi connectivity index (χ0n) is 16.5. The number of hydrogen-bond donors (Lipinski definition) is 0. The van der Waals surface area contributed by atoms with E-state index in [1.54, 1.807) is 24.3 Å². The molecule has 0 spiro atoms. The highest BCUT2D eigenvalue weighted by Crippen LogP contribution is 2.37. The van der Waals surface area contributed by atoms with Crippen LogP contribution in [0, 0.1) is 17.6 Å². The summed E-state index contributed by atoms with van der Waals surface area (Å²) >= 11 is 0. The van der Waals surface area contributed by atoms with Crippen LogP contribution in [-0.4, -0.2) is 5.97 Å². The van der Waals surface area contributed by atoms with Gasteiger partial charge in [-0.2, -0.15) is 0 Å². The van der Waals surface area contributed by atoms with E-state index in [0.29, 0.717) is 28.0 Å². The summed E-state index contributed by atoms with van der Waals surface area (Å²) in [4.78, 5) is 12.5. The quantitative estimate of drug-likeness (QED) is 0.351. The molecule has 0 N–H and O–H groups in total. The van der Waals surface area contributed by atoms with Crippen LogP contribution in [0.4, 0.5) is 8.78 Å². The van der Waals surface area contributed by atoms with E-state index in [1.807, 2.05) is 12.1 Å². The van der Waals surface area contributed by atoms with E-state index in [9.17, 15) is 13.6 Å². The summed E-state index contributed by atoms with van der Waals surface area (Å²) in [6.45, 7) is 2.26. The van der Waals surface area contributed by atoms with Crippen molar-refractivity contribution in [1.82, 2.24) is 0 Å². The Balaban J connectivity index is 1.44. The molecule has 0 aromatic heterocycles. The van der Waals surface area contributed by atoms with Crippen LogP contribution < -0.4 is 4.74 Å². The van der Waals surface area contributed by atoms with E-state index in [0.717, 1.165) is 18.1 Å². The molecule has 1 aliphatic carbocycles. The number of ether oxygens (including phenoxy) is 1. The van der Waals surface area contributed by atoms with Crippen molar-refractivity contribution in [1.29, 1.82) is 0 Å². The number of rotatable bonds is 4. The van der Waals surface area contributed by atoms with Crippen molar-refractivity contribution in [2.75, 3.05) is 0 Å². The van der Waals surface area contributed by atoms with Gasteiger partial charge in [0.2, 0.25) is 0 Å². The number of halogens is 2. The SMILES string of the molecule is CCC1CCC(c2ccc(C(=O)Oc3ccc4cc(F)c(F)cc4c3)cc2)CC1. The van der Waals surface area contributed by atoms with E-state index >= 15 is 0 Å². The molecule has 150 valence electrons. The third-order valence-electron chi connectivity index (χ3n) is 6.10. The Morgan fingerprint density at radius 1 is 0.897 bits per heavy atom. The van der Waals surface area contributed by atoms with Crippen molar-refractivity contribution in [2.24, 2.45) is 5.92 Å². The Hall–Kier alpha value is -2.75. The van der Waals surface area contributed by atoms with Gasteiger partial charge in [0.05, 0.1) is 5.56 Å². The second kappa shape index (κ2) is 8.32. The lowest BCUT2D eigenvalue weighted by Gasteiger charge is -2.28. The maximum Gasteiger partial charge on any atom is 0.343 e. The molecule has 29 heavy (non-hydrogen) atoms. The Morgan fingerprint density at radius 3 is 2.21 bits per heavy atom. The molecular formula is C25H24F2O2. The molecule has 0 atom stereocenters. The number of esters is 1. The summed E-state index contributed by atoms with van der Waals surface area (Å²) in [5.74, 6) is -0.565. The molecule has 0 heterocycles. The van der Waals surface area contributed by atoms with Gasteiger partial charge < -0.3 is 4.74 Å². The third kappa shape index (κ3) is 4.31. The van der Waals surface area contributed by atoms with Crippen molar-refractivity contribution in [3.8, 4) is 5.75 Å². The first-order valence-electron chi connectivity index (χ1n) is 10.2. The minimum Gasteiger partial charge on any atom is -0.423 e. The van der Waals surface area contributed by atoms with Crippen LogP contribution in [0.15, 0.2) is 54.6 Å². The molecule has 0 unspecified atom stereocenters. The van der Waals surface area contributed by atoms with Gasteiger partial charge in [0.25, 0.3) is 0 Å². The summed E-state index contributed by atoms with van der Waals surface area (Å²) in [5, 5.41) is 1.03. The summed E-state index contributed by atoms with van der Waals surface area (Å²) in [5.41, 5.74) is 1.75. The van der Waals surface area contributed by atoms with Gasteiger partial charge >= 0.3 is 5.97 Å². The summed E-state index contributed by atoms with van der Waals surface area (Å²) in [6, 6.07) is 14.6. The molecule has 0 aliphatic heterocycles. The third-order valence-corrected chi connectivity index (χ3v) is 6.10. The molecule has 3 aromatic rings. The van der Waals surface area contributed by atoms with Crippen LogP contribution in [0.5, 0.6) is 5.75 Å². The molecule has 3 aromatic carbocycles. The molecule has 0 bridgehead atoms. The van der Waals surface area contributed by atoms with Gasteiger partial charge in [-0.05, 0) is 90.3 Å². The fourth-order valence-electron chi connectivity index (χ4n) is 4.25. The van der Waals surface area contributed by atoms with Crippen LogP contribution in [0.3, 0.4) is 0 Å². The lowest BCUT2D eigenvalue weighted by atomic mass is 9.78. The highest BCUT2D eigenvalue weighted by molar-refractivity contribution is 5.92. The van der Waals surface area contributed by atoms with Gasteiger partial charge in [-0.25, -0.2) is 13.6 Å². The maximum atomic E-state index is 13.5. The molecule has 1 saturated carbocycles. The Kier molecular flexibility index (Phi) is 5.61. The zero-order chi connectivity index (χ0) is 20.4. The number of carbonyl (C=O) groups excluding carboxylic acids is 1. The second-order valence-corrected chi connectivity index (χ2v) is 7.91. The largest absolute Gasteiger partial charge is 0.423 e. The van der Waals surface area contributed by atoms with Gasteiger partial charge in [0.15, 0.2) is 11.6 Å². The number of carbonyl (C=O) groups is 1. The second-order valence-electron chi connectivity index (χ2n) is 7.91. The number of hydrogen-bond acceptors (Lipinski definition) is 2. The first-order valence-corrected chi connectivity index (χ1v) is 10.2. The molecule has 4 rings (SSSR count). The molecular weight excluding hydrogens is 370 g/mol. The van der Waals surface area contributed by atoms with Gasteiger partial charge in [-0.15, -0.1) is 0 Å². The zero-order valence-corrected chi connectivity index (χ0v) is 16.5. The van der Waals surface area contributed by atoms with Crippen LogP contribution in [0.1, 0.15) is 60.9 Å². The van der Waals surface area contributed by atoms with Gasteiger partial charge in [-0.1, -0.05) is 31.5 Å². The molecule has 4 heteroatoms. The first-order chi connectivity index (χ1) is 14.0. The van der Waals surface area contributed by atoms with Crippen LogP contribution in [0.25, 0.3) is 10.8 Å². The van der Waals surface area contributed by atoms with Crippen molar-refractivity contribution < 1.29 is 18.3 Å². The van der Waals surface area contributed by atoms with E-state index in [1.165, 1.54) is 43.7 Å². The predicted octanol–water partition coefficient (Wildman–Crippen LogP) is 7.02. The number of benzene rings is 3. The average molecular weight is 394 g/mol. The Bertz CT molecular complexity index is 1020. The summed E-state index contributed by atoms with van der Waals surface area (Å²) in [6.07, 6.45) is 6.22. The Morgan fingerprint density at radius 2 is 1.55 bits per heavy atom. The Labute approximate surface area is 169 Å². The fourth-order valence-corrected chi connectivity index (χ4v) is 4.25. The van der Waals surface area contributed by atoms with Crippen molar-refractivity contribution in [2.45, 2.75) is 44.9 Å². The topological polar surface area (TPSA) is 26.3 Å². The standard InChI is InChI=1S/C25H24F2O2/c1-2-16-3-5-17(6-4-16)18-7-9-19(10-8-18)25(28)29-22-12-11-20-14-23(26)24(27)15-21(20)13-22/h7-17H,2-6H2,1H3. The maximum absolute atomic E-state index is 13.5. The van der Waals surface area contributed by atoms with Crippen LogP contribution >= 0.6 is 0 Å². The minimum absolute atomic E-state index is 0.301. The normalized spacial score (nSPS) is 19.3. The van der Waals surface area contributed by atoms with Crippen molar-refractivity contribution in [3.05, 3.63) is 77.4 Å². The average Bonchev–Trinajstić information content (AvgIpc) is 2.75. The molecule has 0 amide bonds. The van der Waals surface area contributed by atoms with Crippen LogP contribution in [0.2, 0.25) is 0 Å². The van der Waals surface area contributed by atoms with Gasteiger partial charge in [0.1, 0.15) is 5.75 Å². The van der Waals surface area contributed by atoms with Gasteiger partial charge in [0, 0.05) is 0 Å². The fraction of sp³-hybridized carbons (Fsp3) is 0.320. The molecule has 1 fully saturated rings. The molecule has 2 nitrogen and oxygen atoms in total. The van der Waals surface area contributed by atoms with E-state index in [4.69, 9.17) is 4.74 Å². The highest BCUT2D eigenvalue weighted by atomic mass is 19.2. The molecule has 1 aliphatic rings. The van der Waals surface area contributed by atoms with E-state index < -0.39 is 17.6 Å². The van der Waals surface area contributed by atoms with Crippen molar-refractivity contribution in [3.63, 3.8) is 0 Å². The smallest absolute Gasteiger partial charge is 0.343 e. The van der Waals surface area contributed by atoms with Crippen LogP contribution in [-0.2, 0) is 0 Å². The summed E-state index contributed by atoms with van der Waals surface area (Å²) < 4.78 is 32.2. The van der Waals surface area contributed by atoms with Gasteiger partial charge in [-0.3, -0.25) is 0 Å². The summed E-state index contributed by atoms with van der Waals surface area (Å²) in [7, 11) is 0. The predicted molar refractivity (Wildman–Crippen MR) is 110 cm³/mol. The lowest BCUT2D eigenvalue weighted by Crippen LogP contribution is -2.13. The lowest BCUT2D eigenvalue weighted by molar-refractivity contribution is 0.0735. The minimum atomic E-state index is -0.926. The molecule has 0 saturated heterocycles. The first kappa shape index (κ1) is 19.6. The monoisotopic (exact) mass is 394 g/mol. The van der Waals surface area contributed by atoms with Crippen molar-refractivity contribution >= 4 is 16.7 Å².